The Bertz CT molecular complexity index is 936. The van der Waals surface area contributed by atoms with E-state index in [-0.39, 0.29) is 16.6 Å². The van der Waals surface area contributed by atoms with E-state index in [1.165, 1.54) is 11.1 Å². The first-order valence-electron chi connectivity index (χ1n) is 12.8. The van der Waals surface area contributed by atoms with E-state index in [4.69, 9.17) is 14.2 Å². The zero-order chi connectivity index (χ0) is 24.4. The van der Waals surface area contributed by atoms with Crippen LogP contribution in [0.4, 0.5) is 0 Å². The Kier molecular flexibility index (Phi) is 8.95. The molecule has 0 aliphatic heterocycles. The average Bonchev–Trinajstić information content (AvgIpc) is 3.03. The van der Waals surface area contributed by atoms with Gasteiger partial charge in [0.15, 0.2) is 5.78 Å². The molecule has 0 heterocycles. The summed E-state index contributed by atoms with van der Waals surface area (Å²) >= 11 is 0. The fourth-order valence-electron chi connectivity index (χ4n) is 5.65. The van der Waals surface area contributed by atoms with Gasteiger partial charge in [-0.15, -0.1) is 0 Å². The highest BCUT2D eigenvalue weighted by Crippen LogP contribution is 2.58. The zero-order valence-corrected chi connectivity index (χ0v) is 20.9. The summed E-state index contributed by atoms with van der Waals surface area (Å²) < 4.78 is 17.9. The number of hydrogen-bond acceptors (Lipinski definition) is 4. The SMILES string of the molecule is COC1=CC2(CC(=O)C=C1)CC(COCCCc1ccccc1)(COCCCc1ccccc1)C2. The standard InChI is InChI=1S/C31H38O4/c1-33-29-17-16-28(32)20-30(21-29)22-31(23-30,24-34-18-8-14-26-10-4-2-5-11-26)25-35-19-9-15-27-12-6-3-7-13-27/h2-7,10-13,16-17,21H,8-9,14-15,18-20,22-25H2,1H3. The van der Waals surface area contributed by atoms with Gasteiger partial charge in [0.1, 0.15) is 5.76 Å². The Morgan fingerprint density at radius 3 is 1.83 bits per heavy atom. The topological polar surface area (TPSA) is 44.8 Å². The number of methoxy groups -OCH3 is 1. The first kappa shape index (κ1) is 25.4. The van der Waals surface area contributed by atoms with Crippen LogP contribution in [-0.4, -0.2) is 39.3 Å². The number of allylic oxidation sites excluding steroid dienone is 3. The Morgan fingerprint density at radius 1 is 0.771 bits per heavy atom. The van der Waals surface area contributed by atoms with Crippen molar-refractivity contribution in [3.63, 3.8) is 0 Å². The molecule has 186 valence electrons. The molecule has 2 aromatic rings. The van der Waals surface area contributed by atoms with E-state index in [0.717, 1.165) is 57.5 Å². The minimum absolute atomic E-state index is 0.0561. The molecule has 0 aromatic heterocycles. The Labute approximate surface area is 210 Å². The molecule has 0 bridgehead atoms. The Balaban J connectivity index is 1.29. The third-order valence-electron chi connectivity index (χ3n) is 7.11. The van der Waals surface area contributed by atoms with Crippen LogP contribution < -0.4 is 0 Å². The van der Waals surface area contributed by atoms with Crippen molar-refractivity contribution in [1.29, 1.82) is 0 Å². The van der Waals surface area contributed by atoms with Crippen LogP contribution in [0.1, 0.15) is 43.2 Å². The minimum atomic E-state index is -0.160. The predicted octanol–water partition coefficient (Wildman–Crippen LogP) is 6.11. The summed E-state index contributed by atoms with van der Waals surface area (Å²) in [4.78, 5) is 12.4. The van der Waals surface area contributed by atoms with Gasteiger partial charge in [-0.3, -0.25) is 4.79 Å². The van der Waals surface area contributed by atoms with Crippen molar-refractivity contribution in [3.05, 3.63) is 95.8 Å². The van der Waals surface area contributed by atoms with Crippen LogP contribution in [-0.2, 0) is 31.8 Å². The number of ether oxygens (including phenoxy) is 3. The van der Waals surface area contributed by atoms with Gasteiger partial charge < -0.3 is 14.2 Å². The molecule has 2 aromatic carbocycles. The summed E-state index contributed by atoms with van der Waals surface area (Å²) in [6, 6.07) is 21.1. The van der Waals surface area contributed by atoms with Crippen molar-refractivity contribution in [2.24, 2.45) is 10.8 Å². The van der Waals surface area contributed by atoms with Crippen LogP contribution in [0.3, 0.4) is 0 Å². The normalized spacial score (nSPS) is 18.1. The highest BCUT2D eigenvalue weighted by Gasteiger charge is 2.54. The van der Waals surface area contributed by atoms with Crippen molar-refractivity contribution in [2.45, 2.75) is 44.9 Å². The van der Waals surface area contributed by atoms with E-state index in [1.807, 2.05) is 12.1 Å². The molecule has 1 fully saturated rings. The van der Waals surface area contributed by atoms with Gasteiger partial charge in [0.2, 0.25) is 0 Å². The predicted molar refractivity (Wildman–Crippen MR) is 139 cm³/mol. The molecule has 0 unspecified atom stereocenters. The van der Waals surface area contributed by atoms with Crippen LogP contribution >= 0.6 is 0 Å². The van der Waals surface area contributed by atoms with Gasteiger partial charge in [0, 0.05) is 30.5 Å². The van der Waals surface area contributed by atoms with Crippen LogP contribution in [0.2, 0.25) is 0 Å². The van der Waals surface area contributed by atoms with Crippen LogP contribution in [0, 0.1) is 10.8 Å². The fraction of sp³-hybridized carbons (Fsp3) is 0.452. The molecule has 35 heavy (non-hydrogen) atoms. The molecule has 2 aliphatic rings. The number of carbonyl (C=O) groups is 1. The molecule has 1 spiro atoms. The highest BCUT2D eigenvalue weighted by molar-refractivity contribution is 5.91. The van der Waals surface area contributed by atoms with Gasteiger partial charge >= 0.3 is 0 Å². The lowest BCUT2D eigenvalue weighted by molar-refractivity contribution is -0.134. The molecule has 4 rings (SSSR count). The molecule has 0 radical (unpaired) electrons. The summed E-state index contributed by atoms with van der Waals surface area (Å²) in [6.07, 6.45) is 11.9. The van der Waals surface area contributed by atoms with E-state index in [2.05, 4.69) is 54.6 Å². The summed E-state index contributed by atoms with van der Waals surface area (Å²) in [6.45, 7) is 2.80. The van der Waals surface area contributed by atoms with E-state index >= 15 is 0 Å². The smallest absolute Gasteiger partial charge is 0.156 e. The van der Waals surface area contributed by atoms with Gasteiger partial charge in [-0.25, -0.2) is 0 Å². The number of ketones is 1. The first-order chi connectivity index (χ1) is 17.1. The highest BCUT2D eigenvalue weighted by atomic mass is 16.5. The fourth-order valence-corrected chi connectivity index (χ4v) is 5.65. The lowest BCUT2D eigenvalue weighted by Crippen LogP contribution is -2.52. The molecule has 0 amide bonds. The van der Waals surface area contributed by atoms with E-state index < -0.39 is 0 Å². The quantitative estimate of drug-likeness (QED) is 0.329. The molecular formula is C31H38O4. The van der Waals surface area contributed by atoms with E-state index in [0.29, 0.717) is 19.6 Å². The van der Waals surface area contributed by atoms with Gasteiger partial charge in [0.05, 0.1) is 20.3 Å². The second-order valence-electron chi connectivity index (χ2n) is 10.2. The maximum atomic E-state index is 12.4. The molecule has 2 aliphatic carbocycles. The van der Waals surface area contributed by atoms with Gasteiger partial charge in [-0.05, 0) is 67.9 Å². The van der Waals surface area contributed by atoms with Crippen LogP contribution in [0.5, 0.6) is 0 Å². The van der Waals surface area contributed by atoms with Crippen molar-refractivity contribution in [3.8, 4) is 0 Å². The van der Waals surface area contributed by atoms with Gasteiger partial charge in [-0.2, -0.15) is 0 Å². The summed E-state index contributed by atoms with van der Waals surface area (Å²) in [5.74, 6) is 0.937. The molecule has 4 heteroatoms. The largest absolute Gasteiger partial charge is 0.497 e. The third-order valence-corrected chi connectivity index (χ3v) is 7.11. The molecule has 4 nitrogen and oxygen atoms in total. The van der Waals surface area contributed by atoms with Crippen LogP contribution in [0.15, 0.2) is 84.7 Å². The second-order valence-corrected chi connectivity index (χ2v) is 10.2. The number of rotatable bonds is 13. The maximum absolute atomic E-state index is 12.4. The van der Waals surface area contributed by atoms with Gasteiger partial charge in [0.25, 0.3) is 0 Å². The molecule has 0 atom stereocenters. The number of benzene rings is 2. The lowest BCUT2D eigenvalue weighted by atomic mass is 9.51. The van der Waals surface area contributed by atoms with Crippen molar-refractivity contribution >= 4 is 5.78 Å². The Hall–Kier alpha value is -2.69. The second kappa shape index (κ2) is 12.3. The molecular weight excluding hydrogens is 436 g/mol. The summed E-state index contributed by atoms with van der Waals surface area (Å²) in [5, 5.41) is 0. The molecule has 0 saturated heterocycles. The minimum Gasteiger partial charge on any atom is -0.497 e. The monoisotopic (exact) mass is 474 g/mol. The first-order valence-corrected chi connectivity index (χ1v) is 12.8. The number of aryl methyl sites for hydroxylation is 2. The average molecular weight is 475 g/mol. The van der Waals surface area contributed by atoms with Crippen LogP contribution in [0.25, 0.3) is 0 Å². The zero-order valence-electron chi connectivity index (χ0n) is 20.9. The Morgan fingerprint density at radius 2 is 1.31 bits per heavy atom. The lowest BCUT2D eigenvalue weighted by Gasteiger charge is -2.54. The summed E-state index contributed by atoms with van der Waals surface area (Å²) in [7, 11) is 1.66. The summed E-state index contributed by atoms with van der Waals surface area (Å²) in [5.41, 5.74) is 2.47. The number of hydrogen-bond donors (Lipinski definition) is 0. The maximum Gasteiger partial charge on any atom is 0.156 e. The van der Waals surface area contributed by atoms with E-state index in [1.54, 1.807) is 19.3 Å². The van der Waals surface area contributed by atoms with Crippen molar-refractivity contribution in [2.75, 3.05) is 33.5 Å². The molecule has 1 saturated carbocycles. The third kappa shape index (κ3) is 7.39. The number of carbonyl (C=O) groups excluding carboxylic acids is 1. The van der Waals surface area contributed by atoms with Crippen molar-refractivity contribution < 1.29 is 19.0 Å². The molecule has 0 N–H and O–H groups in total. The van der Waals surface area contributed by atoms with Gasteiger partial charge in [-0.1, -0.05) is 60.7 Å². The van der Waals surface area contributed by atoms with Crippen molar-refractivity contribution in [1.82, 2.24) is 0 Å². The van der Waals surface area contributed by atoms with E-state index in [9.17, 15) is 4.79 Å².